The van der Waals surface area contributed by atoms with Gasteiger partial charge in [0.2, 0.25) is 0 Å². The second-order valence-electron chi connectivity index (χ2n) is 5.38. The lowest BCUT2D eigenvalue weighted by molar-refractivity contribution is 0.483. The molecule has 0 fully saturated rings. The number of fused-ring (bicyclic) bond motifs is 1. The van der Waals surface area contributed by atoms with Crippen LogP contribution in [0.4, 0.5) is 5.69 Å². The van der Waals surface area contributed by atoms with E-state index in [4.69, 9.17) is 4.74 Å². The smallest absolute Gasteiger partial charge is 0.253 e. The molecule has 2 N–H and O–H groups in total. The number of aromatic nitrogens is 1. The van der Waals surface area contributed by atoms with Gasteiger partial charge in [0.05, 0.1) is 6.26 Å². The topological polar surface area (TPSA) is 54.1 Å². The van der Waals surface area contributed by atoms with Gasteiger partial charge < -0.3 is 15.0 Å². The minimum absolute atomic E-state index is 0.0674. The molecular formula is C19H18N2O2. The summed E-state index contributed by atoms with van der Waals surface area (Å²) >= 11 is 0. The van der Waals surface area contributed by atoms with Crippen molar-refractivity contribution in [2.45, 2.75) is 13.5 Å². The molecule has 3 aromatic rings. The van der Waals surface area contributed by atoms with E-state index in [-0.39, 0.29) is 5.56 Å². The highest BCUT2D eigenvalue weighted by Gasteiger charge is 2.03. The predicted molar refractivity (Wildman–Crippen MR) is 93.9 cm³/mol. The van der Waals surface area contributed by atoms with E-state index in [1.54, 1.807) is 0 Å². The Hall–Kier alpha value is -3.01. The van der Waals surface area contributed by atoms with Crippen molar-refractivity contribution >= 4 is 16.6 Å². The van der Waals surface area contributed by atoms with Crippen molar-refractivity contribution in [3.8, 4) is 5.75 Å². The van der Waals surface area contributed by atoms with Crippen LogP contribution in [-0.4, -0.2) is 4.98 Å². The first-order valence-electron chi connectivity index (χ1n) is 7.40. The summed E-state index contributed by atoms with van der Waals surface area (Å²) in [5, 5.41) is 4.28. The molecule has 23 heavy (non-hydrogen) atoms. The molecule has 3 rings (SSSR count). The second-order valence-corrected chi connectivity index (χ2v) is 5.38. The average molecular weight is 306 g/mol. The van der Waals surface area contributed by atoms with Crippen LogP contribution in [-0.2, 0) is 6.54 Å². The summed E-state index contributed by atoms with van der Waals surface area (Å²) in [6, 6.07) is 15.5. The van der Waals surface area contributed by atoms with Crippen LogP contribution in [0.5, 0.6) is 5.75 Å². The number of hydrogen-bond acceptors (Lipinski definition) is 3. The number of hydrogen-bond donors (Lipinski definition) is 2. The third kappa shape index (κ3) is 3.43. The molecule has 0 aliphatic heterocycles. The molecule has 0 amide bonds. The third-order valence-corrected chi connectivity index (χ3v) is 3.64. The molecule has 0 saturated carbocycles. The number of pyridine rings is 1. The summed E-state index contributed by atoms with van der Waals surface area (Å²) in [5.41, 5.74) is 3.55. The van der Waals surface area contributed by atoms with Gasteiger partial charge in [0.25, 0.3) is 5.56 Å². The summed E-state index contributed by atoms with van der Waals surface area (Å²) in [4.78, 5) is 15.1. The predicted octanol–water partition coefficient (Wildman–Crippen LogP) is 3.97. The summed E-state index contributed by atoms with van der Waals surface area (Å²) in [7, 11) is 0. The molecule has 0 aliphatic carbocycles. The van der Waals surface area contributed by atoms with Crippen LogP contribution in [0.2, 0.25) is 0 Å². The molecule has 0 radical (unpaired) electrons. The first kappa shape index (κ1) is 14.9. The van der Waals surface area contributed by atoms with E-state index >= 15 is 0 Å². The monoisotopic (exact) mass is 306 g/mol. The van der Waals surface area contributed by atoms with Crippen molar-refractivity contribution in [2.75, 3.05) is 5.32 Å². The second kappa shape index (κ2) is 6.40. The molecule has 0 atom stereocenters. The van der Waals surface area contributed by atoms with Crippen molar-refractivity contribution < 1.29 is 4.74 Å². The number of nitrogens with one attached hydrogen (secondary N) is 2. The van der Waals surface area contributed by atoms with E-state index in [9.17, 15) is 4.79 Å². The van der Waals surface area contributed by atoms with Gasteiger partial charge in [-0.2, -0.15) is 0 Å². The van der Waals surface area contributed by atoms with Crippen LogP contribution in [0.15, 0.2) is 66.2 Å². The van der Waals surface area contributed by atoms with Crippen LogP contribution in [0.1, 0.15) is 11.1 Å². The van der Waals surface area contributed by atoms with Gasteiger partial charge in [0, 0.05) is 23.3 Å². The standard InChI is InChI=1S/C19H18N2O2/c1-3-23-17-8-6-16(7-9-17)20-12-15-11-14-5-4-13(2)10-18(14)21-19(15)22/h3-11,20H,1,12H2,2H3,(H,21,22). The van der Waals surface area contributed by atoms with Crippen LogP contribution >= 0.6 is 0 Å². The number of aryl methyl sites for hydroxylation is 1. The Morgan fingerprint density at radius 3 is 2.70 bits per heavy atom. The summed E-state index contributed by atoms with van der Waals surface area (Å²) in [6.07, 6.45) is 1.39. The number of aromatic amines is 1. The molecule has 1 aromatic heterocycles. The molecule has 4 heteroatoms. The van der Waals surface area contributed by atoms with Crippen molar-refractivity contribution in [2.24, 2.45) is 0 Å². The van der Waals surface area contributed by atoms with Gasteiger partial charge >= 0.3 is 0 Å². The van der Waals surface area contributed by atoms with Gasteiger partial charge in [-0.25, -0.2) is 0 Å². The SMILES string of the molecule is C=COc1ccc(NCc2cc3ccc(C)cc3[nH]c2=O)cc1. The number of ether oxygens (including phenoxy) is 1. The Morgan fingerprint density at radius 1 is 1.17 bits per heavy atom. The first-order chi connectivity index (χ1) is 11.2. The molecule has 116 valence electrons. The number of anilines is 1. The largest absolute Gasteiger partial charge is 0.466 e. The first-order valence-corrected chi connectivity index (χ1v) is 7.40. The third-order valence-electron chi connectivity index (χ3n) is 3.64. The lowest BCUT2D eigenvalue weighted by Crippen LogP contribution is -2.15. The Labute approximate surface area is 134 Å². The lowest BCUT2D eigenvalue weighted by Gasteiger charge is -2.08. The van der Waals surface area contributed by atoms with Crippen LogP contribution < -0.4 is 15.6 Å². The Bertz CT molecular complexity index is 895. The zero-order valence-electron chi connectivity index (χ0n) is 12.9. The number of rotatable bonds is 5. The minimum Gasteiger partial charge on any atom is -0.466 e. The summed E-state index contributed by atoms with van der Waals surface area (Å²) in [6.45, 7) is 5.98. The normalized spacial score (nSPS) is 10.5. The van der Waals surface area contributed by atoms with Crippen LogP contribution in [0.3, 0.4) is 0 Å². The fraction of sp³-hybridized carbons (Fsp3) is 0.105. The zero-order chi connectivity index (χ0) is 16.2. The van der Waals surface area contributed by atoms with Gasteiger partial charge in [0.15, 0.2) is 0 Å². The molecule has 2 aromatic carbocycles. The molecule has 4 nitrogen and oxygen atoms in total. The van der Waals surface area contributed by atoms with Gasteiger partial charge in [-0.05, 0) is 54.3 Å². The number of benzene rings is 2. The molecule has 0 unspecified atom stereocenters. The summed E-state index contributed by atoms with van der Waals surface area (Å²) in [5.74, 6) is 0.726. The lowest BCUT2D eigenvalue weighted by atomic mass is 10.1. The highest BCUT2D eigenvalue weighted by Crippen LogP contribution is 2.17. The fourth-order valence-corrected chi connectivity index (χ4v) is 2.44. The van der Waals surface area contributed by atoms with E-state index in [2.05, 4.69) is 16.9 Å². The van der Waals surface area contributed by atoms with Gasteiger partial charge in [-0.1, -0.05) is 18.7 Å². The molecule has 0 aliphatic rings. The minimum atomic E-state index is -0.0674. The quantitative estimate of drug-likeness (QED) is 0.701. The fourth-order valence-electron chi connectivity index (χ4n) is 2.44. The number of H-pyrrole nitrogens is 1. The van der Waals surface area contributed by atoms with Gasteiger partial charge in [-0.15, -0.1) is 0 Å². The van der Waals surface area contributed by atoms with E-state index in [1.165, 1.54) is 6.26 Å². The van der Waals surface area contributed by atoms with Gasteiger partial charge in [0.1, 0.15) is 5.75 Å². The van der Waals surface area contributed by atoms with E-state index < -0.39 is 0 Å². The highest BCUT2D eigenvalue weighted by molar-refractivity contribution is 5.79. The molecule has 0 spiro atoms. The highest BCUT2D eigenvalue weighted by atomic mass is 16.5. The Balaban J connectivity index is 1.78. The van der Waals surface area contributed by atoms with Crippen molar-refractivity contribution in [1.82, 2.24) is 4.98 Å². The summed E-state index contributed by atoms with van der Waals surface area (Å²) < 4.78 is 5.18. The Morgan fingerprint density at radius 2 is 1.96 bits per heavy atom. The van der Waals surface area contributed by atoms with Crippen molar-refractivity contribution in [1.29, 1.82) is 0 Å². The molecule has 0 saturated heterocycles. The molecule has 1 heterocycles. The van der Waals surface area contributed by atoms with Crippen LogP contribution in [0.25, 0.3) is 10.9 Å². The van der Waals surface area contributed by atoms with Crippen molar-refractivity contribution in [3.63, 3.8) is 0 Å². The van der Waals surface area contributed by atoms with E-state index in [1.807, 2.05) is 55.5 Å². The average Bonchev–Trinajstić information content (AvgIpc) is 2.54. The van der Waals surface area contributed by atoms with Gasteiger partial charge in [-0.3, -0.25) is 4.79 Å². The maximum atomic E-state index is 12.2. The van der Waals surface area contributed by atoms with E-state index in [0.717, 1.165) is 27.9 Å². The zero-order valence-corrected chi connectivity index (χ0v) is 12.9. The van der Waals surface area contributed by atoms with Crippen molar-refractivity contribution in [3.05, 3.63) is 82.9 Å². The molecular weight excluding hydrogens is 288 g/mol. The molecule has 0 bridgehead atoms. The maximum absolute atomic E-state index is 12.2. The maximum Gasteiger partial charge on any atom is 0.253 e. The van der Waals surface area contributed by atoms with Crippen LogP contribution in [0, 0.1) is 6.92 Å². The van der Waals surface area contributed by atoms with E-state index in [0.29, 0.717) is 12.1 Å². The Kier molecular flexibility index (Phi) is 4.15.